The number of hydrogen-bond acceptors (Lipinski definition) is 4. The molecule has 2 N–H and O–H groups in total. The van der Waals surface area contributed by atoms with Crippen molar-refractivity contribution in [2.75, 3.05) is 19.6 Å². The third-order valence-corrected chi connectivity index (χ3v) is 4.60. The highest BCUT2D eigenvalue weighted by Crippen LogP contribution is 2.31. The van der Waals surface area contributed by atoms with Crippen LogP contribution in [0.2, 0.25) is 0 Å². The van der Waals surface area contributed by atoms with Gasteiger partial charge in [-0.1, -0.05) is 39.8 Å². The number of nitrogens with zero attached hydrogens (tertiary/aromatic N) is 1. The lowest BCUT2D eigenvalue weighted by molar-refractivity contribution is -0.138. The van der Waals surface area contributed by atoms with Crippen molar-refractivity contribution >= 4 is 11.8 Å². The molecule has 6 heteroatoms. The number of phenols is 1. The van der Waals surface area contributed by atoms with E-state index in [1.165, 1.54) is 0 Å². The molecule has 0 bridgehead atoms. The molecule has 2 aromatic rings. The molecule has 170 valence electrons. The molecular weight excluding hydrogens is 392 g/mol. The Labute approximate surface area is 186 Å². The number of piperazine rings is 1. The second kappa shape index (κ2) is 13.3. The lowest BCUT2D eigenvalue weighted by atomic mass is 10.0. The summed E-state index contributed by atoms with van der Waals surface area (Å²) in [5.41, 5.74) is 3.05. The number of amides is 2. The van der Waals surface area contributed by atoms with E-state index < -0.39 is 0 Å². The molecule has 31 heavy (non-hydrogen) atoms. The standard InChI is InChI=1S/C21H24N2O4.2C2H6/c1-14-11-16(3-8-20(26)23-10-9-22-19(25)13-23)12-15(2)21(14)27-18-6-4-17(24)5-7-18;2*1-2/h4-7,11-12,24H,3,8-10,13H2,1-2H3,(H,22,25);2*1-2H3. The van der Waals surface area contributed by atoms with Crippen molar-refractivity contribution in [2.24, 2.45) is 0 Å². The van der Waals surface area contributed by atoms with E-state index in [1.54, 1.807) is 29.2 Å². The molecule has 2 aromatic carbocycles. The number of benzene rings is 2. The minimum Gasteiger partial charge on any atom is -0.508 e. The van der Waals surface area contributed by atoms with Gasteiger partial charge in [-0.2, -0.15) is 0 Å². The summed E-state index contributed by atoms with van der Waals surface area (Å²) in [4.78, 5) is 25.4. The van der Waals surface area contributed by atoms with Crippen molar-refractivity contribution in [1.82, 2.24) is 10.2 Å². The number of aryl methyl sites for hydroxylation is 3. The average molecular weight is 429 g/mol. The number of nitrogens with one attached hydrogen (secondary N) is 1. The van der Waals surface area contributed by atoms with Gasteiger partial charge in [-0.15, -0.1) is 0 Å². The van der Waals surface area contributed by atoms with Crippen molar-refractivity contribution < 1.29 is 19.4 Å². The van der Waals surface area contributed by atoms with E-state index >= 15 is 0 Å². The predicted octanol–water partition coefficient (Wildman–Crippen LogP) is 4.74. The number of aromatic hydroxyl groups is 1. The van der Waals surface area contributed by atoms with E-state index in [0.29, 0.717) is 31.7 Å². The monoisotopic (exact) mass is 428 g/mol. The fourth-order valence-corrected chi connectivity index (χ4v) is 3.24. The Bertz CT molecular complexity index is 824. The molecule has 0 atom stereocenters. The Morgan fingerprint density at radius 2 is 1.65 bits per heavy atom. The van der Waals surface area contributed by atoms with Crippen LogP contribution in [0.5, 0.6) is 17.2 Å². The maximum absolute atomic E-state index is 12.3. The maximum Gasteiger partial charge on any atom is 0.239 e. The van der Waals surface area contributed by atoms with E-state index in [2.05, 4.69) is 5.32 Å². The first-order valence-corrected chi connectivity index (χ1v) is 11.0. The molecule has 1 heterocycles. The molecule has 2 amide bonds. The average Bonchev–Trinajstić information content (AvgIpc) is 2.78. The first kappa shape index (κ1) is 26.0. The molecule has 6 nitrogen and oxygen atoms in total. The summed E-state index contributed by atoms with van der Waals surface area (Å²) in [6, 6.07) is 10.7. The summed E-state index contributed by atoms with van der Waals surface area (Å²) in [6.45, 7) is 13.2. The number of hydrogen-bond donors (Lipinski definition) is 2. The van der Waals surface area contributed by atoms with E-state index in [1.807, 2.05) is 53.7 Å². The smallest absolute Gasteiger partial charge is 0.239 e. The predicted molar refractivity (Wildman–Crippen MR) is 125 cm³/mol. The molecule has 0 aromatic heterocycles. The van der Waals surface area contributed by atoms with Gasteiger partial charge in [0.2, 0.25) is 11.8 Å². The van der Waals surface area contributed by atoms with Crippen LogP contribution in [0.25, 0.3) is 0 Å². The van der Waals surface area contributed by atoms with E-state index in [0.717, 1.165) is 22.4 Å². The molecule has 0 radical (unpaired) electrons. The quantitative estimate of drug-likeness (QED) is 0.721. The van der Waals surface area contributed by atoms with Crippen LogP contribution in [-0.2, 0) is 16.0 Å². The fourth-order valence-electron chi connectivity index (χ4n) is 3.24. The zero-order valence-corrected chi connectivity index (χ0v) is 19.6. The number of carbonyl (C=O) groups is 2. The molecule has 1 saturated heterocycles. The van der Waals surface area contributed by atoms with Crippen molar-refractivity contribution in [3.8, 4) is 17.2 Å². The summed E-state index contributed by atoms with van der Waals surface area (Å²) >= 11 is 0. The summed E-state index contributed by atoms with van der Waals surface area (Å²) in [6.07, 6.45) is 1.00. The maximum atomic E-state index is 12.3. The number of rotatable bonds is 5. The molecule has 1 fully saturated rings. The summed E-state index contributed by atoms with van der Waals surface area (Å²) in [5, 5.41) is 12.1. The zero-order chi connectivity index (χ0) is 23.4. The lowest BCUT2D eigenvalue weighted by Crippen LogP contribution is -2.50. The van der Waals surface area contributed by atoms with Gasteiger partial charge in [0.1, 0.15) is 17.2 Å². The van der Waals surface area contributed by atoms with Gasteiger partial charge in [0.25, 0.3) is 0 Å². The molecule has 0 unspecified atom stereocenters. The Balaban J connectivity index is 0.00000113. The minimum absolute atomic E-state index is 0.00424. The highest BCUT2D eigenvalue weighted by Gasteiger charge is 2.20. The van der Waals surface area contributed by atoms with Crippen LogP contribution in [0.15, 0.2) is 36.4 Å². The third-order valence-electron chi connectivity index (χ3n) is 4.60. The second-order valence-electron chi connectivity index (χ2n) is 6.82. The normalized spacial score (nSPS) is 12.6. The summed E-state index contributed by atoms with van der Waals surface area (Å²) in [5.74, 6) is 1.54. The van der Waals surface area contributed by atoms with E-state index in [4.69, 9.17) is 4.74 Å². The topological polar surface area (TPSA) is 78.9 Å². The number of carbonyl (C=O) groups excluding carboxylic acids is 2. The molecule has 3 rings (SSSR count). The van der Waals surface area contributed by atoms with Crippen LogP contribution in [0.3, 0.4) is 0 Å². The van der Waals surface area contributed by atoms with Gasteiger partial charge in [0, 0.05) is 19.5 Å². The van der Waals surface area contributed by atoms with Gasteiger partial charge >= 0.3 is 0 Å². The van der Waals surface area contributed by atoms with Gasteiger partial charge in [0.05, 0.1) is 6.54 Å². The van der Waals surface area contributed by atoms with Gasteiger partial charge in [-0.3, -0.25) is 9.59 Å². The van der Waals surface area contributed by atoms with Crippen LogP contribution < -0.4 is 10.1 Å². The third kappa shape index (κ3) is 7.96. The molecule has 0 spiro atoms. The molecule has 1 aliphatic heterocycles. The van der Waals surface area contributed by atoms with Crippen molar-refractivity contribution in [2.45, 2.75) is 54.4 Å². The van der Waals surface area contributed by atoms with Crippen LogP contribution in [-0.4, -0.2) is 41.5 Å². The number of phenolic OH excluding ortho intramolecular Hbond substituents is 1. The van der Waals surface area contributed by atoms with Gasteiger partial charge in [-0.05, 0) is 61.2 Å². The highest BCUT2D eigenvalue weighted by atomic mass is 16.5. The van der Waals surface area contributed by atoms with Gasteiger partial charge in [0.15, 0.2) is 0 Å². The Hall–Kier alpha value is -3.02. The minimum atomic E-state index is -0.1000. The van der Waals surface area contributed by atoms with Crippen molar-refractivity contribution in [3.05, 3.63) is 53.1 Å². The highest BCUT2D eigenvalue weighted by molar-refractivity contribution is 5.86. The van der Waals surface area contributed by atoms with Gasteiger partial charge in [-0.25, -0.2) is 0 Å². The molecule has 1 aliphatic rings. The molecule has 0 aliphatic carbocycles. The zero-order valence-electron chi connectivity index (χ0n) is 19.6. The molecule has 0 saturated carbocycles. The second-order valence-corrected chi connectivity index (χ2v) is 6.82. The van der Waals surface area contributed by atoms with Crippen LogP contribution in [0.1, 0.15) is 50.8 Å². The van der Waals surface area contributed by atoms with Crippen LogP contribution in [0, 0.1) is 13.8 Å². The first-order chi connectivity index (χ1) is 14.9. The van der Waals surface area contributed by atoms with Crippen molar-refractivity contribution in [3.63, 3.8) is 0 Å². The molecular formula is C25H36N2O4. The largest absolute Gasteiger partial charge is 0.508 e. The lowest BCUT2D eigenvalue weighted by Gasteiger charge is -2.26. The van der Waals surface area contributed by atoms with Crippen molar-refractivity contribution in [1.29, 1.82) is 0 Å². The Morgan fingerprint density at radius 3 is 2.19 bits per heavy atom. The van der Waals surface area contributed by atoms with Gasteiger partial charge < -0.3 is 20.1 Å². The van der Waals surface area contributed by atoms with E-state index in [9.17, 15) is 14.7 Å². The fraction of sp³-hybridized carbons (Fsp3) is 0.440. The Morgan fingerprint density at radius 1 is 1.06 bits per heavy atom. The Kier molecular flexibility index (Phi) is 11.2. The van der Waals surface area contributed by atoms with E-state index in [-0.39, 0.29) is 24.1 Å². The number of ether oxygens (including phenoxy) is 1. The van der Waals surface area contributed by atoms with Crippen LogP contribution in [0.4, 0.5) is 0 Å². The summed E-state index contributed by atoms with van der Waals surface area (Å²) in [7, 11) is 0. The summed E-state index contributed by atoms with van der Waals surface area (Å²) < 4.78 is 5.95. The first-order valence-electron chi connectivity index (χ1n) is 11.0. The SMILES string of the molecule is CC.CC.Cc1cc(CCC(=O)N2CCNC(=O)C2)cc(C)c1Oc1ccc(O)cc1. The van der Waals surface area contributed by atoms with Crippen LogP contribution >= 0.6 is 0 Å².